The SMILES string of the molecule is Cc1nc([C@@H]2CCN2S(C)(=O)=O)cc(N(C)C)n1. The van der Waals surface area contributed by atoms with Gasteiger partial charge in [-0.2, -0.15) is 4.31 Å². The van der Waals surface area contributed by atoms with E-state index in [0.29, 0.717) is 12.4 Å². The largest absolute Gasteiger partial charge is 0.363 e. The summed E-state index contributed by atoms with van der Waals surface area (Å²) in [6.07, 6.45) is 2.05. The summed E-state index contributed by atoms with van der Waals surface area (Å²) < 4.78 is 24.6. The second-order valence-electron chi connectivity index (χ2n) is 4.77. The van der Waals surface area contributed by atoms with Crippen LogP contribution in [0.1, 0.15) is 24.0 Å². The molecule has 1 aromatic rings. The van der Waals surface area contributed by atoms with E-state index in [0.717, 1.165) is 17.9 Å². The molecule has 0 radical (unpaired) electrons. The van der Waals surface area contributed by atoms with E-state index in [1.165, 1.54) is 10.6 Å². The van der Waals surface area contributed by atoms with Gasteiger partial charge in [-0.05, 0) is 13.3 Å². The maximum Gasteiger partial charge on any atom is 0.211 e. The van der Waals surface area contributed by atoms with E-state index in [-0.39, 0.29) is 6.04 Å². The maximum absolute atomic E-state index is 11.6. The van der Waals surface area contributed by atoms with E-state index >= 15 is 0 Å². The lowest BCUT2D eigenvalue weighted by Gasteiger charge is -2.38. The van der Waals surface area contributed by atoms with Gasteiger partial charge in [0.1, 0.15) is 11.6 Å². The molecule has 0 N–H and O–H groups in total. The first-order valence-corrected chi connectivity index (χ1v) is 7.63. The van der Waals surface area contributed by atoms with Crippen LogP contribution in [0, 0.1) is 6.92 Å². The van der Waals surface area contributed by atoms with Crippen LogP contribution in [0.15, 0.2) is 6.07 Å². The van der Waals surface area contributed by atoms with Gasteiger partial charge in [-0.3, -0.25) is 0 Å². The summed E-state index contributed by atoms with van der Waals surface area (Å²) >= 11 is 0. The highest BCUT2D eigenvalue weighted by Crippen LogP contribution is 2.35. The fraction of sp³-hybridized carbons (Fsp3) is 0.636. The molecule has 1 aromatic heterocycles. The van der Waals surface area contributed by atoms with E-state index in [9.17, 15) is 8.42 Å². The first-order chi connectivity index (χ1) is 8.29. The van der Waals surface area contributed by atoms with E-state index < -0.39 is 10.0 Å². The lowest BCUT2D eigenvalue weighted by Crippen LogP contribution is -2.44. The van der Waals surface area contributed by atoms with Gasteiger partial charge in [-0.25, -0.2) is 18.4 Å². The highest BCUT2D eigenvalue weighted by molar-refractivity contribution is 7.88. The van der Waals surface area contributed by atoms with Crippen LogP contribution in [0.2, 0.25) is 0 Å². The van der Waals surface area contributed by atoms with Crippen molar-refractivity contribution in [2.24, 2.45) is 0 Å². The molecule has 7 heteroatoms. The Labute approximate surface area is 108 Å². The zero-order valence-corrected chi connectivity index (χ0v) is 11.9. The second kappa shape index (κ2) is 4.47. The van der Waals surface area contributed by atoms with Gasteiger partial charge in [0.05, 0.1) is 18.0 Å². The van der Waals surface area contributed by atoms with Crippen molar-refractivity contribution in [3.8, 4) is 0 Å². The second-order valence-corrected chi connectivity index (χ2v) is 6.71. The topological polar surface area (TPSA) is 66.4 Å². The molecule has 0 spiro atoms. The van der Waals surface area contributed by atoms with Crippen LogP contribution < -0.4 is 4.90 Å². The summed E-state index contributed by atoms with van der Waals surface area (Å²) in [5, 5.41) is 0. The molecule has 2 heterocycles. The molecule has 0 amide bonds. The summed E-state index contributed by atoms with van der Waals surface area (Å²) in [4.78, 5) is 10.6. The number of aryl methyl sites for hydroxylation is 1. The summed E-state index contributed by atoms with van der Waals surface area (Å²) in [5.41, 5.74) is 0.780. The van der Waals surface area contributed by atoms with Crippen LogP contribution in [-0.4, -0.2) is 49.6 Å². The normalized spacial score (nSPS) is 20.6. The third-order valence-corrected chi connectivity index (χ3v) is 4.33. The van der Waals surface area contributed by atoms with Crippen LogP contribution in [0.3, 0.4) is 0 Å². The fourth-order valence-corrected chi connectivity index (χ4v) is 3.14. The standard InChI is InChI=1S/C11H18N4O2S/c1-8-12-9(7-11(13-8)14(2)3)10-5-6-15(10)18(4,16)17/h7,10H,5-6H2,1-4H3/t10-/m0/s1. The minimum atomic E-state index is -3.15. The van der Waals surface area contributed by atoms with Gasteiger partial charge in [0, 0.05) is 26.7 Å². The first kappa shape index (κ1) is 13.2. The minimum Gasteiger partial charge on any atom is -0.363 e. The number of rotatable bonds is 3. The van der Waals surface area contributed by atoms with Gasteiger partial charge < -0.3 is 4.90 Å². The van der Waals surface area contributed by atoms with E-state index in [4.69, 9.17) is 0 Å². The molecule has 0 aromatic carbocycles. The Balaban J connectivity index is 2.35. The Morgan fingerprint density at radius 2 is 2.06 bits per heavy atom. The van der Waals surface area contributed by atoms with E-state index in [2.05, 4.69) is 9.97 Å². The molecule has 1 fully saturated rings. The van der Waals surface area contributed by atoms with Crippen molar-refractivity contribution in [1.82, 2.24) is 14.3 Å². The molecule has 0 aliphatic carbocycles. The predicted molar refractivity (Wildman–Crippen MR) is 70.0 cm³/mol. The first-order valence-electron chi connectivity index (χ1n) is 5.79. The summed E-state index contributed by atoms with van der Waals surface area (Å²) in [7, 11) is 0.657. The Hall–Kier alpha value is -1.21. The molecule has 1 aliphatic heterocycles. The van der Waals surface area contributed by atoms with Crippen molar-refractivity contribution >= 4 is 15.8 Å². The smallest absolute Gasteiger partial charge is 0.211 e. The number of anilines is 1. The maximum atomic E-state index is 11.6. The van der Waals surface area contributed by atoms with E-state index in [1.807, 2.05) is 32.0 Å². The van der Waals surface area contributed by atoms with Crippen molar-refractivity contribution in [1.29, 1.82) is 0 Å². The molecule has 6 nitrogen and oxygen atoms in total. The summed E-state index contributed by atoms with van der Waals surface area (Å²) in [5.74, 6) is 1.47. The predicted octanol–water partition coefficient (Wildman–Crippen LogP) is 0.557. The average Bonchev–Trinajstić information content (AvgIpc) is 2.11. The molecular formula is C11H18N4O2S. The van der Waals surface area contributed by atoms with Gasteiger partial charge in [-0.1, -0.05) is 0 Å². The third-order valence-electron chi connectivity index (χ3n) is 3.04. The quantitative estimate of drug-likeness (QED) is 0.803. The molecule has 100 valence electrons. The number of aromatic nitrogens is 2. The van der Waals surface area contributed by atoms with Crippen molar-refractivity contribution in [3.63, 3.8) is 0 Å². The van der Waals surface area contributed by atoms with Crippen LogP contribution in [0.5, 0.6) is 0 Å². The molecule has 0 bridgehead atoms. The van der Waals surface area contributed by atoms with Crippen molar-refractivity contribution in [3.05, 3.63) is 17.6 Å². The molecule has 1 atom stereocenters. The van der Waals surface area contributed by atoms with Crippen LogP contribution in [-0.2, 0) is 10.0 Å². The molecule has 1 saturated heterocycles. The molecule has 1 aliphatic rings. The van der Waals surface area contributed by atoms with Crippen molar-refractivity contribution in [2.45, 2.75) is 19.4 Å². The number of hydrogen-bond donors (Lipinski definition) is 0. The van der Waals surface area contributed by atoms with Crippen LogP contribution in [0.25, 0.3) is 0 Å². The monoisotopic (exact) mass is 270 g/mol. The molecule has 0 saturated carbocycles. The van der Waals surface area contributed by atoms with Gasteiger partial charge in [0.15, 0.2) is 0 Å². The van der Waals surface area contributed by atoms with Gasteiger partial charge >= 0.3 is 0 Å². The van der Waals surface area contributed by atoms with Gasteiger partial charge in [0.2, 0.25) is 10.0 Å². The zero-order valence-electron chi connectivity index (χ0n) is 11.1. The van der Waals surface area contributed by atoms with E-state index in [1.54, 1.807) is 0 Å². The summed E-state index contributed by atoms with van der Waals surface area (Å²) in [6.45, 7) is 2.39. The van der Waals surface area contributed by atoms with Gasteiger partial charge in [-0.15, -0.1) is 0 Å². The average molecular weight is 270 g/mol. The zero-order chi connectivity index (χ0) is 13.5. The Kier molecular flexibility index (Phi) is 3.29. The highest BCUT2D eigenvalue weighted by atomic mass is 32.2. The highest BCUT2D eigenvalue weighted by Gasteiger charge is 2.37. The number of sulfonamides is 1. The molecule has 0 unspecified atom stereocenters. The minimum absolute atomic E-state index is 0.139. The number of hydrogen-bond acceptors (Lipinski definition) is 5. The van der Waals surface area contributed by atoms with Crippen molar-refractivity contribution in [2.75, 3.05) is 31.8 Å². The Bertz CT molecular complexity index is 556. The third kappa shape index (κ3) is 2.46. The lowest BCUT2D eigenvalue weighted by molar-refractivity contribution is 0.198. The molecule has 2 rings (SSSR count). The molecule has 18 heavy (non-hydrogen) atoms. The fourth-order valence-electron chi connectivity index (χ4n) is 2.03. The van der Waals surface area contributed by atoms with Crippen molar-refractivity contribution < 1.29 is 8.42 Å². The number of nitrogens with zero attached hydrogens (tertiary/aromatic N) is 4. The molecular weight excluding hydrogens is 252 g/mol. The van der Waals surface area contributed by atoms with Crippen LogP contribution in [0.4, 0.5) is 5.82 Å². The lowest BCUT2D eigenvalue weighted by atomic mass is 10.0. The Morgan fingerprint density at radius 1 is 1.39 bits per heavy atom. The Morgan fingerprint density at radius 3 is 2.50 bits per heavy atom. The summed E-state index contributed by atoms with van der Waals surface area (Å²) in [6, 6.07) is 1.72. The van der Waals surface area contributed by atoms with Gasteiger partial charge in [0.25, 0.3) is 0 Å². The van der Waals surface area contributed by atoms with Crippen LogP contribution >= 0.6 is 0 Å².